The molecule has 0 aliphatic heterocycles. The Morgan fingerprint density at radius 2 is 1.72 bits per heavy atom. The van der Waals surface area contributed by atoms with Gasteiger partial charge in [-0.05, 0) is 37.3 Å². The van der Waals surface area contributed by atoms with Crippen LogP contribution in [0.5, 0.6) is 5.75 Å². The monoisotopic (exact) mass is 487 g/mol. The number of para-hydroxylation sites is 3. The second-order valence-corrected chi connectivity index (χ2v) is 7.99. The zero-order valence-electron chi connectivity index (χ0n) is 20.3. The van der Waals surface area contributed by atoms with Crippen LogP contribution in [0.1, 0.15) is 18.5 Å². The summed E-state index contributed by atoms with van der Waals surface area (Å²) in [5.41, 5.74) is 2.57. The molecule has 0 saturated heterocycles. The summed E-state index contributed by atoms with van der Waals surface area (Å²) in [6, 6.07) is 22.8. The van der Waals surface area contributed by atoms with Crippen molar-refractivity contribution in [1.82, 2.24) is 20.3 Å². The molecular weight excluding hydrogens is 458 g/mol. The molecule has 9 heteroatoms. The standard InChI is InChI=1S/C27H29N5O4/c1-3-36-24-16-10-7-13-21(24)26(27(34)28-17-18-35-2)32(20-11-5-4-6-12-20)25(33)19-31-23-15-9-8-14-22(23)29-30-31/h4-16,26H,3,17-19H2,1-2H3,(H,28,34)/t26-/m0/s1. The molecule has 0 radical (unpaired) electrons. The lowest BCUT2D eigenvalue weighted by Crippen LogP contribution is -2.46. The first-order valence-corrected chi connectivity index (χ1v) is 11.8. The minimum absolute atomic E-state index is 0.103. The van der Waals surface area contributed by atoms with Gasteiger partial charge in [-0.3, -0.25) is 14.5 Å². The third-order valence-electron chi connectivity index (χ3n) is 5.63. The molecule has 0 saturated carbocycles. The number of nitrogens with one attached hydrogen (secondary N) is 1. The summed E-state index contributed by atoms with van der Waals surface area (Å²) in [4.78, 5) is 29.1. The van der Waals surface area contributed by atoms with Crippen LogP contribution in [0.3, 0.4) is 0 Å². The smallest absolute Gasteiger partial charge is 0.249 e. The van der Waals surface area contributed by atoms with E-state index in [4.69, 9.17) is 9.47 Å². The lowest BCUT2D eigenvalue weighted by molar-refractivity contribution is -0.127. The summed E-state index contributed by atoms with van der Waals surface area (Å²) in [6.07, 6.45) is 0. The van der Waals surface area contributed by atoms with Gasteiger partial charge in [0.1, 0.15) is 23.9 Å². The van der Waals surface area contributed by atoms with Gasteiger partial charge in [-0.15, -0.1) is 5.10 Å². The number of benzene rings is 3. The van der Waals surface area contributed by atoms with Crippen LogP contribution in [0, 0.1) is 0 Å². The lowest BCUT2D eigenvalue weighted by Gasteiger charge is -2.32. The lowest BCUT2D eigenvalue weighted by atomic mass is 10.0. The molecule has 0 aliphatic rings. The molecule has 1 aromatic heterocycles. The van der Waals surface area contributed by atoms with E-state index in [2.05, 4.69) is 15.6 Å². The Hall–Kier alpha value is -4.24. The first-order valence-electron chi connectivity index (χ1n) is 11.8. The van der Waals surface area contributed by atoms with Crippen molar-refractivity contribution in [3.63, 3.8) is 0 Å². The van der Waals surface area contributed by atoms with E-state index in [9.17, 15) is 9.59 Å². The summed E-state index contributed by atoms with van der Waals surface area (Å²) >= 11 is 0. The predicted octanol–water partition coefficient (Wildman–Crippen LogP) is 3.37. The van der Waals surface area contributed by atoms with Gasteiger partial charge in [0.25, 0.3) is 0 Å². The average Bonchev–Trinajstić information content (AvgIpc) is 3.31. The van der Waals surface area contributed by atoms with E-state index >= 15 is 0 Å². The van der Waals surface area contributed by atoms with Crippen molar-refractivity contribution in [2.75, 3.05) is 31.8 Å². The Morgan fingerprint density at radius 1 is 1.00 bits per heavy atom. The Bertz CT molecular complexity index is 1310. The fourth-order valence-corrected chi connectivity index (χ4v) is 4.03. The maximum absolute atomic E-state index is 14.0. The van der Waals surface area contributed by atoms with Crippen molar-refractivity contribution < 1.29 is 19.1 Å². The SMILES string of the molecule is CCOc1ccccc1[C@@H](C(=O)NCCOC)N(C(=O)Cn1nnc2ccccc21)c1ccccc1. The van der Waals surface area contributed by atoms with Crippen LogP contribution < -0.4 is 15.0 Å². The summed E-state index contributed by atoms with van der Waals surface area (Å²) < 4.78 is 12.5. The van der Waals surface area contributed by atoms with Gasteiger partial charge in [0.2, 0.25) is 11.8 Å². The number of hydrogen-bond acceptors (Lipinski definition) is 6. The fourth-order valence-electron chi connectivity index (χ4n) is 4.03. The van der Waals surface area contributed by atoms with Gasteiger partial charge in [0.15, 0.2) is 0 Å². The van der Waals surface area contributed by atoms with Gasteiger partial charge in [0.05, 0.1) is 18.7 Å². The summed E-state index contributed by atoms with van der Waals surface area (Å²) in [6.45, 7) is 2.83. The number of methoxy groups -OCH3 is 1. The summed E-state index contributed by atoms with van der Waals surface area (Å²) in [5, 5.41) is 11.2. The number of ether oxygens (including phenoxy) is 2. The van der Waals surface area contributed by atoms with Gasteiger partial charge >= 0.3 is 0 Å². The molecule has 2 amide bonds. The topological polar surface area (TPSA) is 98.6 Å². The van der Waals surface area contributed by atoms with E-state index in [0.717, 1.165) is 5.52 Å². The Labute approximate surface area is 209 Å². The molecular formula is C27H29N5O4. The summed E-state index contributed by atoms with van der Waals surface area (Å²) in [5.74, 6) is -0.137. The molecule has 1 atom stereocenters. The van der Waals surface area contributed by atoms with Crippen LogP contribution >= 0.6 is 0 Å². The van der Waals surface area contributed by atoms with Crippen molar-refractivity contribution in [2.45, 2.75) is 19.5 Å². The number of aromatic nitrogens is 3. The molecule has 4 rings (SSSR count). The van der Waals surface area contributed by atoms with E-state index < -0.39 is 6.04 Å². The molecule has 1 heterocycles. The third kappa shape index (κ3) is 5.52. The van der Waals surface area contributed by atoms with Gasteiger partial charge in [0, 0.05) is 24.9 Å². The number of fused-ring (bicyclic) bond motifs is 1. The highest BCUT2D eigenvalue weighted by atomic mass is 16.5. The molecule has 36 heavy (non-hydrogen) atoms. The van der Waals surface area contributed by atoms with E-state index in [-0.39, 0.29) is 18.4 Å². The van der Waals surface area contributed by atoms with Gasteiger partial charge in [-0.25, -0.2) is 4.68 Å². The quantitative estimate of drug-likeness (QED) is 0.326. The van der Waals surface area contributed by atoms with Crippen LogP contribution in [0.4, 0.5) is 5.69 Å². The van der Waals surface area contributed by atoms with Crippen molar-refractivity contribution in [3.05, 3.63) is 84.4 Å². The highest BCUT2D eigenvalue weighted by molar-refractivity contribution is 6.01. The number of hydrogen-bond donors (Lipinski definition) is 1. The van der Waals surface area contributed by atoms with Crippen LogP contribution in [-0.4, -0.2) is 53.7 Å². The van der Waals surface area contributed by atoms with Crippen LogP contribution in [0.15, 0.2) is 78.9 Å². The molecule has 0 spiro atoms. The molecule has 4 aromatic rings. The van der Waals surface area contributed by atoms with Crippen LogP contribution in [-0.2, 0) is 20.9 Å². The maximum atomic E-state index is 14.0. The molecule has 186 valence electrons. The summed E-state index contributed by atoms with van der Waals surface area (Å²) in [7, 11) is 1.57. The zero-order valence-corrected chi connectivity index (χ0v) is 20.3. The second kappa shape index (κ2) is 11.9. The highest BCUT2D eigenvalue weighted by Crippen LogP contribution is 2.34. The van der Waals surface area contributed by atoms with Gasteiger partial charge in [-0.1, -0.05) is 53.7 Å². The molecule has 3 aromatic carbocycles. The second-order valence-electron chi connectivity index (χ2n) is 7.99. The maximum Gasteiger partial charge on any atom is 0.249 e. The Kier molecular flexibility index (Phi) is 8.25. The number of anilines is 1. The molecule has 9 nitrogen and oxygen atoms in total. The van der Waals surface area contributed by atoms with Crippen molar-refractivity contribution in [1.29, 1.82) is 0 Å². The van der Waals surface area contributed by atoms with Crippen molar-refractivity contribution in [2.24, 2.45) is 0 Å². The first kappa shape index (κ1) is 24.9. The third-order valence-corrected chi connectivity index (χ3v) is 5.63. The van der Waals surface area contributed by atoms with Crippen LogP contribution in [0.2, 0.25) is 0 Å². The number of carbonyl (C=O) groups is 2. The normalized spacial score (nSPS) is 11.7. The predicted molar refractivity (Wildman–Crippen MR) is 137 cm³/mol. The molecule has 1 N–H and O–H groups in total. The minimum atomic E-state index is -0.991. The molecule has 0 bridgehead atoms. The fraction of sp³-hybridized carbons (Fsp3) is 0.259. The van der Waals surface area contributed by atoms with E-state index in [1.165, 1.54) is 4.90 Å². The number of amides is 2. The highest BCUT2D eigenvalue weighted by Gasteiger charge is 2.35. The van der Waals surface area contributed by atoms with Gasteiger partial charge in [-0.2, -0.15) is 0 Å². The van der Waals surface area contributed by atoms with E-state index in [1.807, 2.05) is 61.5 Å². The molecule has 0 unspecified atom stereocenters. The Balaban J connectivity index is 1.79. The molecule has 0 aliphatic carbocycles. The van der Waals surface area contributed by atoms with Crippen LogP contribution in [0.25, 0.3) is 11.0 Å². The molecule has 0 fully saturated rings. The largest absolute Gasteiger partial charge is 0.493 e. The average molecular weight is 488 g/mol. The first-order chi connectivity index (χ1) is 17.6. The van der Waals surface area contributed by atoms with Crippen molar-refractivity contribution >= 4 is 28.5 Å². The van der Waals surface area contributed by atoms with Crippen molar-refractivity contribution in [3.8, 4) is 5.75 Å². The Morgan fingerprint density at radius 3 is 2.50 bits per heavy atom. The van der Waals surface area contributed by atoms with E-state index in [0.29, 0.717) is 42.3 Å². The number of rotatable bonds is 11. The minimum Gasteiger partial charge on any atom is -0.493 e. The van der Waals surface area contributed by atoms with E-state index in [1.54, 1.807) is 36.1 Å². The van der Waals surface area contributed by atoms with Gasteiger partial charge < -0.3 is 14.8 Å². The number of carbonyl (C=O) groups excluding carboxylic acids is 2. The zero-order chi connectivity index (χ0) is 25.3. The number of nitrogens with zero attached hydrogens (tertiary/aromatic N) is 4.